The number of likely N-dealkylation sites (N-methyl/N-ethyl adjacent to an activating group) is 1. The van der Waals surface area contributed by atoms with Gasteiger partial charge in [-0.1, -0.05) is 34.8 Å². The highest BCUT2D eigenvalue weighted by Gasteiger charge is 2.32. The number of alkyl halides is 3. The van der Waals surface area contributed by atoms with Crippen LogP contribution in [0.4, 0.5) is 0 Å². The second-order valence-electron chi connectivity index (χ2n) is 5.18. The first-order valence-corrected chi connectivity index (χ1v) is 7.72. The predicted molar refractivity (Wildman–Crippen MR) is 82.3 cm³/mol. The third-order valence-electron chi connectivity index (χ3n) is 3.25. The van der Waals surface area contributed by atoms with Gasteiger partial charge in [0.1, 0.15) is 12.6 Å². The van der Waals surface area contributed by atoms with Crippen molar-refractivity contribution in [2.75, 3.05) is 27.2 Å². The van der Waals surface area contributed by atoms with E-state index in [9.17, 15) is 9.59 Å². The number of hydrogen-bond acceptors (Lipinski definition) is 5. The smallest absolute Gasteiger partial charge is 0.325 e. The van der Waals surface area contributed by atoms with E-state index in [1.54, 1.807) is 11.8 Å². The molecule has 1 saturated heterocycles. The summed E-state index contributed by atoms with van der Waals surface area (Å²) in [6.07, 6.45) is 1.27. The van der Waals surface area contributed by atoms with Gasteiger partial charge in [0.25, 0.3) is 5.91 Å². The van der Waals surface area contributed by atoms with E-state index in [4.69, 9.17) is 39.5 Å². The average Bonchev–Trinajstić information content (AvgIpc) is 2.42. The van der Waals surface area contributed by atoms with Gasteiger partial charge in [-0.2, -0.15) is 0 Å². The second kappa shape index (κ2) is 7.83. The van der Waals surface area contributed by atoms with Crippen LogP contribution in [0.5, 0.6) is 0 Å². The van der Waals surface area contributed by atoms with Crippen molar-refractivity contribution in [2.45, 2.75) is 35.6 Å². The molecule has 2 unspecified atom stereocenters. The van der Waals surface area contributed by atoms with Crippen molar-refractivity contribution < 1.29 is 14.3 Å². The zero-order valence-electron chi connectivity index (χ0n) is 12.2. The molecule has 1 amide bonds. The quantitative estimate of drug-likeness (QED) is 0.606. The zero-order chi connectivity index (χ0) is 16.2. The van der Waals surface area contributed by atoms with Crippen LogP contribution in [0.25, 0.3) is 0 Å². The molecule has 9 heteroatoms. The molecule has 0 aromatic heterocycles. The normalized spacial score (nSPS) is 21.3. The number of carbonyl (C=O) groups excluding carboxylic acids is 2. The number of rotatable bonds is 4. The molecule has 0 bridgehead atoms. The molecule has 21 heavy (non-hydrogen) atoms. The van der Waals surface area contributed by atoms with Crippen molar-refractivity contribution in [1.29, 1.82) is 0 Å². The molecule has 0 spiro atoms. The van der Waals surface area contributed by atoms with Crippen LogP contribution in [0.1, 0.15) is 19.8 Å². The van der Waals surface area contributed by atoms with Crippen LogP contribution in [-0.2, 0) is 14.3 Å². The molecule has 1 aliphatic heterocycles. The van der Waals surface area contributed by atoms with Crippen molar-refractivity contribution in [3.63, 3.8) is 0 Å². The summed E-state index contributed by atoms with van der Waals surface area (Å²) in [5.74, 6) is -0.629. The van der Waals surface area contributed by atoms with Crippen LogP contribution >= 0.6 is 34.8 Å². The van der Waals surface area contributed by atoms with E-state index in [0.717, 1.165) is 0 Å². The zero-order valence-corrected chi connectivity index (χ0v) is 14.5. The fourth-order valence-corrected chi connectivity index (χ4v) is 1.98. The first-order valence-electron chi connectivity index (χ1n) is 6.59. The van der Waals surface area contributed by atoms with Gasteiger partial charge >= 0.3 is 5.97 Å². The van der Waals surface area contributed by atoms with E-state index >= 15 is 0 Å². The number of esters is 1. The molecule has 1 N–H and O–H groups in total. The van der Waals surface area contributed by atoms with Crippen LogP contribution in [-0.4, -0.2) is 64.9 Å². The molecule has 1 heterocycles. The number of hydrazine groups is 1. The van der Waals surface area contributed by atoms with E-state index in [0.29, 0.717) is 19.4 Å². The number of halogens is 3. The fourth-order valence-electron chi connectivity index (χ4n) is 1.82. The van der Waals surface area contributed by atoms with Crippen molar-refractivity contribution in [1.82, 2.24) is 15.3 Å². The van der Waals surface area contributed by atoms with Gasteiger partial charge in [0.2, 0.25) is 3.79 Å². The summed E-state index contributed by atoms with van der Waals surface area (Å²) in [6, 6.07) is -0.891. The first kappa shape index (κ1) is 18.8. The Morgan fingerprint density at radius 3 is 2.57 bits per heavy atom. The number of ether oxygens (including phenoxy) is 1. The first-order chi connectivity index (χ1) is 9.61. The maximum absolute atomic E-state index is 12.2. The highest BCUT2D eigenvalue weighted by molar-refractivity contribution is 6.67. The highest BCUT2D eigenvalue weighted by Crippen LogP contribution is 2.26. The Kier molecular flexibility index (Phi) is 7.00. The molecule has 0 radical (unpaired) electrons. The summed E-state index contributed by atoms with van der Waals surface area (Å²) in [7, 11) is 3.64. The third-order valence-corrected chi connectivity index (χ3v) is 3.57. The molecular formula is C12H20Cl3N3O3. The van der Waals surface area contributed by atoms with E-state index in [-0.39, 0.29) is 18.6 Å². The van der Waals surface area contributed by atoms with Crippen LogP contribution in [0.2, 0.25) is 0 Å². The predicted octanol–water partition coefficient (Wildman–Crippen LogP) is 1.35. The Labute approximate surface area is 139 Å². The molecular weight excluding hydrogens is 341 g/mol. The van der Waals surface area contributed by atoms with Gasteiger partial charge in [0.05, 0.1) is 6.04 Å². The Morgan fingerprint density at radius 2 is 2.05 bits per heavy atom. The number of carbonyl (C=O) groups is 2. The summed E-state index contributed by atoms with van der Waals surface area (Å²) in [5, 5.41) is 1.45. The van der Waals surface area contributed by atoms with Gasteiger partial charge in [0, 0.05) is 6.54 Å². The molecule has 1 fully saturated rings. The molecule has 2 atom stereocenters. The molecule has 1 rings (SSSR count). The molecule has 0 aromatic rings. The Bertz CT molecular complexity index is 388. The number of amides is 1. The number of hydrogen-bond donors (Lipinski definition) is 1. The molecule has 0 saturated carbocycles. The Morgan fingerprint density at radius 1 is 1.43 bits per heavy atom. The molecule has 6 nitrogen and oxygen atoms in total. The summed E-state index contributed by atoms with van der Waals surface area (Å²) < 4.78 is 3.30. The maximum atomic E-state index is 12.2. The van der Waals surface area contributed by atoms with E-state index in [1.165, 1.54) is 5.01 Å². The van der Waals surface area contributed by atoms with Gasteiger partial charge in [0.15, 0.2) is 0 Å². The molecule has 0 aliphatic carbocycles. The van der Waals surface area contributed by atoms with Crippen molar-refractivity contribution in [2.24, 2.45) is 0 Å². The van der Waals surface area contributed by atoms with Crippen LogP contribution in [0.3, 0.4) is 0 Å². The van der Waals surface area contributed by atoms with Crippen molar-refractivity contribution in [3.05, 3.63) is 0 Å². The lowest BCUT2D eigenvalue weighted by Gasteiger charge is -2.35. The lowest BCUT2D eigenvalue weighted by molar-refractivity contribution is -0.153. The van der Waals surface area contributed by atoms with Gasteiger partial charge in [-0.05, 0) is 33.9 Å². The number of nitrogens with zero attached hydrogens (tertiary/aromatic N) is 2. The van der Waals surface area contributed by atoms with Crippen LogP contribution in [0.15, 0.2) is 0 Å². The van der Waals surface area contributed by atoms with Gasteiger partial charge < -0.3 is 4.74 Å². The van der Waals surface area contributed by atoms with E-state index < -0.39 is 15.8 Å². The highest BCUT2D eigenvalue weighted by atomic mass is 35.6. The summed E-state index contributed by atoms with van der Waals surface area (Å²) in [5.41, 5.74) is 2.88. The minimum atomic E-state index is -1.64. The maximum Gasteiger partial charge on any atom is 0.325 e. The van der Waals surface area contributed by atoms with E-state index in [1.807, 2.05) is 14.1 Å². The third kappa shape index (κ3) is 6.16. The standard InChI is InChI=1S/C12H20Cl3N3O3/c1-8(17(2)3)10(19)18-6-4-5-9(16-18)11(20)21-7-12(13,14)15/h8-9,16H,4-7H2,1-3H3. The largest absolute Gasteiger partial charge is 0.460 e. The molecule has 1 aliphatic rings. The van der Waals surface area contributed by atoms with E-state index in [2.05, 4.69) is 5.43 Å². The minimum Gasteiger partial charge on any atom is -0.460 e. The minimum absolute atomic E-state index is 0.0983. The topological polar surface area (TPSA) is 61.9 Å². The fraction of sp³-hybridized carbons (Fsp3) is 0.833. The Hall–Kier alpha value is -0.270. The van der Waals surface area contributed by atoms with Crippen molar-refractivity contribution in [3.8, 4) is 0 Å². The SMILES string of the molecule is CC(C(=O)N1CCCC(C(=O)OCC(Cl)(Cl)Cl)N1)N(C)C. The lowest BCUT2D eigenvalue weighted by atomic mass is 10.1. The monoisotopic (exact) mass is 359 g/mol. The molecule has 122 valence electrons. The van der Waals surface area contributed by atoms with Crippen LogP contribution in [0, 0.1) is 0 Å². The van der Waals surface area contributed by atoms with Gasteiger partial charge in [-0.15, -0.1) is 0 Å². The lowest BCUT2D eigenvalue weighted by Crippen LogP contribution is -2.58. The van der Waals surface area contributed by atoms with Crippen LogP contribution < -0.4 is 5.43 Å². The van der Waals surface area contributed by atoms with Gasteiger partial charge in [-0.25, -0.2) is 5.43 Å². The summed E-state index contributed by atoms with van der Waals surface area (Å²) >= 11 is 16.6. The Balaban J connectivity index is 2.56. The van der Waals surface area contributed by atoms with Gasteiger partial charge in [-0.3, -0.25) is 19.5 Å². The summed E-state index contributed by atoms with van der Waals surface area (Å²) in [6.45, 7) is 2.02. The molecule has 0 aromatic carbocycles. The number of nitrogens with one attached hydrogen (secondary N) is 1. The summed E-state index contributed by atoms with van der Waals surface area (Å²) in [4.78, 5) is 25.9. The second-order valence-corrected chi connectivity index (χ2v) is 7.69. The average molecular weight is 361 g/mol. The van der Waals surface area contributed by atoms with Crippen molar-refractivity contribution >= 4 is 46.7 Å².